The second-order valence-electron chi connectivity index (χ2n) is 5.21. The van der Waals surface area contributed by atoms with Crippen LogP contribution in [0.1, 0.15) is 30.3 Å². The average molecular weight is 313 g/mol. The van der Waals surface area contributed by atoms with Crippen molar-refractivity contribution in [2.45, 2.75) is 32.4 Å². The predicted molar refractivity (Wildman–Crippen MR) is 81.2 cm³/mol. The monoisotopic (exact) mass is 312 g/mol. The number of primary amides is 1. The number of nitrogens with two attached hydrogens (primary N) is 1. The van der Waals surface area contributed by atoms with Crippen LogP contribution < -0.4 is 11.1 Å². The number of hydrogen-bond donors (Lipinski definition) is 2. The fraction of sp³-hybridized carbons (Fsp3) is 0.571. The second kappa shape index (κ2) is 6.95. The van der Waals surface area contributed by atoms with Gasteiger partial charge in [0.25, 0.3) is 5.91 Å². The Morgan fingerprint density at radius 2 is 2.14 bits per heavy atom. The summed E-state index contributed by atoms with van der Waals surface area (Å²) in [5.74, 6) is -0.683. The summed E-state index contributed by atoms with van der Waals surface area (Å²) >= 11 is 5.99. The lowest BCUT2D eigenvalue weighted by Crippen LogP contribution is -2.49. The summed E-state index contributed by atoms with van der Waals surface area (Å²) in [7, 11) is 0. The van der Waals surface area contributed by atoms with Gasteiger partial charge in [0.2, 0.25) is 5.91 Å². The number of aryl methyl sites for hydroxylation is 1. The van der Waals surface area contributed by atoms with Crippen LogP contribution in [0.2, 0.25) is 5.02 Å². The molecule has 7 heteroatoms. The molecule has 1 aromatic rings. The van der Waals surface area contributed by atoms with Crippen molar-refractivity contribution in [2.75, 3.05) is 19.6 Å². The van der Waals surface area contributed by atoms with E-state index < -0.39 is 5.91 Å². The number of amides is 2. The molecule has 1 saturated heterocycles. The van der Waals surface area contributed by atoms with E-state index in [4.69, 9.17) is 17.3 Å². The molecule has 21 heavy (non-hydrogen) atoms. The number of carbonyl (C=O) groups excluding carboxylic acids is 2. The first-order valence-corrected chi connectivity index (χ1v) is 7.56. The third kappa shape index (κ3) is 3.77. The maximum Gasteiger partial charge on any atom is 0.271 e. The number of piperidine rings is 1. The molecule has 116 valence electrons. The molecule has 0 aliphatic carbocycles. The smallest absolute Gasteiger partial charge is 0.271 e. The van der Waals surface area contributed by atoms with Gasteiger partial charge in [0, 0.05) is 18.8 Å². The fourth-order valence-electron chi connectivity index (χ4n) is 2.72. The Kier molecular flexibility index (Phi) is 5.25. The van der Waals surface area contributed by atoms with Crippen molar-refractivity contribution >= 4 is 23.4 Å². The van der Waals surface area contributed by atoms with Crippen LogP contribution >= 0.6 is 11.6 Å². The van der Waals surface area contributed by atoms with Crippen LogP contribution in [0.3, 0.4) is 0 Å². The Balaban J connectivity index is 2.26. The van der Waals surface area contributed by atoms with E-state index in [2.05, 4.69) is 5.32 Å². The molecule has 0 aromatic carbocycles. The van der Waals surface area contributed by atoms with Crippen molar-refractivity contribution in [1.29, 1.82) is 0 Å². The first kappa shape index (κ1) is 15.9. The minimum Gasteiger partial charge on any atom is -0.368 e. The van der Waals surface area contributed by atoms with Crippen LogP contribution in [0, 0.1) is 0 Å². The van der Waals surface area contributed by atoms with Crippen molar-refractivity contribution in [1.82, 2.24) is 14.8 Å². The molecular weight excluding hydrogens is 292 g/mol. The summed E-state index contributed by atoms with van der Waals surface area (Å²) in [6.07, 6.45) is 3.36. The van der Waals surface area contributed by atoms with Gasteiger partial charge < -0.3 is 20.5 Å². The molecule has 2 amide bonds. The maximum atomic E-state index is 12.8. The van der Waals surface area contributed by atoms with Gasteiger partial charge in [0.15, 0.2) is 0 Å². The number of nitrogens with one attached hydrogen (secondary N) is 1. The molecule has 0 bridgehead atoms. The maximum absolute atomic E-state index is 12.8. The summed E-state index contributed by atoms with van der Waals surface area (Å²) in [5, 5.41) is 3.77. The van der Waals surface area contributed by atoms with Gasteiger partial charge in [-0.05, 0) is 38.9 Å². The largest absolute Gasteiger partial charge is 0.368 e. The first-order chi connectivity index (χ1) is 10.0. The van der Waals surface area contributed by atoms with Gasteiger partial charge in [0.05, 0.1) is 11.6 Å². The van der Waals surface area contributed by atoms with Gasteiger partial charge >= 0.3 is 0 Å². The molecule has 1 aliphatic rings. The minimum atomic E-state index is -0.498. The highest BCUT2D eigenvalue weighted by Crippen LogP contribution is 2.19. The Morgan fingerprint density at radius 1 is 1.48 bits per heavy atom. The van der Waals surface area contributed by atoms with Crippen LogP contribution in [0.4, 0.5) is 0 Å². The lowest BCUT2D eigenvalue weighted by molar-refractivity contribution is -0.119. The van der Waals surface area contributed by atoms with E-state index in [0.717, 1.165) is 25.9 Å². The quantitative estimate of drug-likeness (QED) is 0.845. The molecule has 0 saturated carbocycles. The highest BCUT2D eigenvalue weighted by atomic mass is 35.5. The summed E-state index contributed by atoms with van der Waals surface area (Å²) < 4.78 is 1.79. The third-order valence-electron chi connectivity index (χ3n) is 3.76. The second-order valence-corrected chi connectivity index (χ2v) is 5.65. The minimum absolute atomic E-state index is 0.0326. The van der Waals surface area contributed by atoms with Crippen molar-refractivity contribution in [3.63, 3.8) is 0 Å². The van der Waals surface area contributed by atoms with Gasteiger partial charge in [0.1, 0.15) is 5.69 Å². The van der Waals surface area contributed by atoms with E-state index in [1.807, 2.05) is 6.92 Å². The highest BCUT2D eigenvalue weighted by Gasteiger charge is 2.29. The van der Waals surface area contributed by atoms with E-state index in [-0.39, 0.29) is 18.5 Å². The van der Waals surface area contributed by atoms with Crippen LogP contribution in [-0.2, 0) is 11.3 Å². The lowest BCUT2D eigenvalue weighted by Gasteiger charge is -2.34. The fourth-order valence-corrected chi connectivity index (χ4v) is 2.94. The zero-order chi connectivity index (χ0) is 15.4. The molecule has 6 nitrogen and oxygen atoms in total. The number of halogens is 1. The Labute approximate surface area is 129 Å². The van der Waals surface area contributed by atoms with E-state index in [1.54, 1.807) is 21.7 Å². The Bertz CT molecular complexity index is 523. The molecule has 0 radical (unpaired) electrons. The van der Waals surface area contributed by atoms with Crippen LogP contribution in [0.5, 0.6) is 0 Å². The molecule has 2 heterocycles. The van der Waals surface area contributed by atoms with Gasteiger partial charge in [-0.25, -0.2) is 0 Å². The van der Waals surface area contributed by atoms with Gasteiger partial charge in [-0.2, -0.15) is 0 Å². The van der Waals surface area contributed by atoms with Crippen molar-refractivity contribution in [3.8, 4) is 0 Å². The molecule has 1 aliphatic heterocycles. The number of nitrogens with zero attached hydrogens (tertiary/aromatic N) is 2. The van der Waals surface area contributed by atoms with Gasteiger partial charge in [-0.1, -0.05) is 11.6 Å². The Morgan fingerprint density at radius 3 is 2.71 bits per heavy atom. The summed E-state index contributed by atoms with van der Waals surface area (Å²) in [6.45, 7) is 4.20. The van der Waals surface area contributed by atoms with Crippen molar-refractivity contribution in [3.05, 3.63) is 23.0 Å². The summed E-state index contributed by atoms with van der Waals surface area (Å²) in [5.41, 5.74) is 5.81. The van der Waals surface area contributed by atoms with Crippen LogP contribution in [0.25, 0.3) is 0 Å². The van der Waals surface area contributed by atoms with E-state index in [9.17, 15) is 9.59 Å². The van der Waals surface area contributed by atoms with E-state index in [0.29, 0.717) is 17.3 Å². The first-order valence-electron chi connectivity index (χ1n) is 7.18. The molecule has 0 unspecified atom stereocenters. The van der Waals surface area contributed by atoms with Crippen molar-refractivity contribution in [2.24, 2.45) is 5.73 Å². The predicted octanol–water partition coefficient (Wildman–Crippen LogP) is 0.841. The zero-order valence-corrected chi connectivity index (χ0v) is 12.9. The molecule has 0 spiro atoms. The number of aromatic nitrogens is 1. The normalized spacial score (nSPS) is 15.9. The molecule has 0 atom stereocenters. The number of rotatable bonds is 5. The van der Waals surface area contributed by atoms with E-state index in [1.165, 1.54) is 0 Å². The summed E-state index contributed by atoms with van der Waals surface area (Å²) in [6, 6.07) is 1.67. The third-order valence-corrected chi connectivity index (χ3v) is 3.97. The standard InChI is InChI=1S/C14H21ClN4O2/c1-2-18-8-10(15)7-12(18)14(21)19(9-13(16)20)11-3-5-17-6-4-11/h7-8,11,17H,2-6,9H2,1H3,(H2,16,20). The lowest BCUT2D eigenvalue weighted by atomic mass is 10.0. The summed E-state index contributed by atoms with van der Waals surface area (Å²) in [4.78, 5) is 25.7. The molecule has 3 N–H and O–H groups in total. The van der Waals surface area contributed by atoms with E-state index >= 15 is 0 Å². The SMILES string of the molecule is CCn1cc(Cl)cc1C(=O)N(CC(N)=O)C1CCNCC1. The molecule has 1 fully saturated rings. The highest BCUT2D eigenvalue weighted by molar-refractivity contribution is 6.31. The van der Waals surface area contributed by atoms with Gasteiger partial charge in [-0.15, -0.1) is 0 Å². The molecular formula is C14H21ClN4O2. The average Bonchev–Trinajstić information content (AvgIpc) is 2.86. The Hall–Kier alpha value is -1.53. The number of carbonyl (C=O) groups is 2. The van der Waals surface area contributed by atoms with Crippen LogP contribution in [-0.4, -0.2) is 47.0 Å². The van der Waals surface area contributed by atoms with Crippen LogP contribution in [0.15, 0.2) is 12.3 Å². The zero-order valence-electron chi connectivity index (χ0n) is 12.1. The topological polar surface area (TPSA) is 80.4 Å². The molecule has 2 rings (SSSR count). The van der Waals surface area contributed by atoms with Crippen molar-refractivity contribution < 1.29 is 9.59 Å². The van der Waals surface area contributed by atoms with Gasteiger partial charge in [-0.3, -0.25) is 9.59 Å². The number of hydrogen-bond acceptors (Lipinski definition) is 3. The molecule has 1 aromatic heterocycles.